The Morgan fingerprint density at radius 1 is 1.50 bits per heavy atom. The number of hydrogen-bond donors (Lipinski definition) is 2. The third-order valence-corrected chi connectivity index (χ3v) is 3.23. The minimum Gasteiger partial charge on any atom is -0.383 e. The van der Waals surface area contributed by atoms with Gasteiger partial charge in [0.2, 0.25) is 5.91 Å². The molecular weight excluding hydrogens is 228 g/mol. The smallest absolute Gasteiger partial charge is 0.221 e. The van der Waals surface area contributed by atoms with Gasteiger partial charge in [0.15, 0.2) is 0 Å². The van der Waals surface area contributed by atoms with Gasteiger partial charge in [0.1, 0.15) is 0 Å². The molecule has 0 saturated heterocycles. The molecule has 98 valence electrons. The molecule has 18 heavy (non-hydrogen) atoms. The standard InChI is InChI=1S/C14H20N2O2/c1-18-9-8-16-14(17)10-13-12-5-3-2-4-11(12)6-7-15-13/h2-5,13,15H,6-10H2,1H3,(H,16,17). The van der Waals surface area contributed by atoms with Crippen LogP contribution in [0, 0.1) is 0 Å². The molecule has 1 amide bonds. The number of carbonyl (C=O) groups excluding carboxylic acids is 1. The summed E-state index contributed by atoms with van der Waals surface area (Å²) in [5, 5.41) is 6.26. The summed E-state index contributed by atoms with van der Waals surface area (Å²) in [4.78, 5) is 11.8. The van der Waals surface area contributed by atoms with Crippen molar-refractivity contribution in [1.29, 1.82) is 0 Å². The van der Waals surface area contributed by atoms with Gasteiger partial charge in [-0.05, 0) is 24.1 Å². The van der Waals surface area contributed by atoms with E-state index >= 15 is 0 Å². The molecule has 0 aliphatic carbocycles. The number of fused-ring (bicyclic) bond motifs is 1. The van der Waals surface area contributed by atoms with Gasteiger partial charge < -0.3 is 15.4 Å². The van der Waals surface area contributed by atoms with Crippen LogP contribution in [-0.2, 0) is 16.0 Å². The van der Waals surface area contributed by atoms with E-state index in [1.807, 2.05) is 6.07 Å². The normalized spacial score (nSPS) is 18.2. The third-order valence-electron chi connectivity index (χ3n) is 3.23. The molecular formula is C14H20N2O2. The van der Waals surface area contributed by atoms with Crippen molar-refractivity contribution < 1.29 is 9.53 Å². The SMILES string of the molecule is COCCNC(=O)CC1NCCc2ccccc21. The predicted molar refractivity (Wildman–Crippen MR) is 70.4 cm³/mol. The molecule has 1 aromatic rings. The summed E-state index contributed by atoms with van der Waals surface area (Å²) in [6.07, 6.45) is 1.53. The summed E-state index contributed by atoms with van der Waals surface area (Å²) in [6.45, 7) is 2.07. The molecule has 1 aromatic carbocycles. The summed E-state index contributed by atoms with van der Waals surface area (Å²) < 4.78 is 4.91. The van der Waals surface area contributed by atoms with E-state index in [0.717, 1.165) is 13.0 Å². The Kier molecular flexibility index (Phi) is 4.73. The Morgan fingerprint density at radius 3 is 3.17 bits per heavy atom. The van der Waals surface area contributed by atoms with Crippen molar-refractivity contribution in [3.8, 4) is 0 Å². The second kappa shape index (κ2) is 6.52. The summed E-state index contributed by atoms with van der Waals surface area (Å²) in [5.74, 6) is 0.0706. The maximum Gasteiger partial charge on any atom is 0.221 e. The van der Waals surface area contributed by atoms with Crippen LogP contribution >= 0.6 is 0 Å². The van der Waals surface area contributed by atoms with E-state index in [-0.39, 0.29) is 11.9 Å². The van der Waals surface area contributed by atoms with Gasteiger partial charge in [-0.15, -0.1) is 0 Å². The molecule has 0 bridgehead atoms. The molecule has 0 fully saturated rings. The second-order valence-electron chi connectivity index (χ2n) is 4.50. The number of hydrogen-bond acceptors (Lipinski definition) is 3. The lowest BCUT2D eigenvalue weighted by Crippen LogP contribution is -2.35. The zero-order valence-corrected chi connectivity index (χ0v) is 10.7. The van der Waals surface area contributed by atoms with E-state index in [4.69, 9.17) is 4.74 Å². The number of nitrogens with one attached hydrogen (secondary N) is 2. The Balaban J connectivity index is 1.92. The first-order valence-electron chi connectivity index (χ1n) is 6.38. The lowest BCUT2D eigenvalue weighted by atomic mass is 9.92. The summed E-state index contributed by atoms with van der Waals surface area (Å²) in [7, 11) is 1.63. The molecule has 4 heteroatoms. The van der Waals surface area contributed by atoms with Crippen LogP contribution in [0.1, 0.15) is 23.6 Å². The van der Waals surface area contributed by atoms with E-state index in [0.29, 0.717) is 19.6 Å². The quantitative estimate of drug-likeness (QED) is 0.765. The van der Waals surface area contributed by atoms with Crippen LogP contribution in [0.4, 0.5) is 0 Å². The van der Waals surface area contributed by atoms with E-state index < -0.39 is 0 Å². The monoisotopic (exact) mass is 248 g/mol. The molecule has 4 nitrogen and oxygen atoms in total. The lowest BCUT2D eigenvalue weighted by Gasteiger charge is -2.26. The average Bonchev–Trinajstić information content (AvgIpc) is 2.39. The van der Waals surface area contributed by atoms with Crippen molar-refractivity contribution in [2.45, 2.75) is 18.9 Å². The van der Waals surface area contributed by atoms with E-state index in [2.05, 4.69) is 28.8 Å². The number of methoxy groups -OCH3 is 1. The molecule has 0 saturated carbocycles. The van der Waals surface area contributed by atoms with Gasteiger partial charge >= 0.3 is 0 Å². The van der Waals surface area contributed by atoms with Crippen molar-refractivity contribution in [2.75, 3.05) is 26.8 Å². The fraction of sp³-hybridized carbons (Fsp3) is 0.500. The lowest BCUT2D eigenvalue weighted by molar-refractivity contribution is -0.121. The highest BCUT2D eigenvalue weighted by molar-refractivity contribution is 5.76. The first-order valence-corrected chi connectivity index (χ1v) is 6.38. The minimum atomic E-state index is 0.0706. The van der Waals surface area contributed by atoms with E-state index in [1.54, 1.807) is 7.11 Å². The maximum atomic E-state index is 11.8. The van der Waals surface area contributed by atoms with Crippen LogP contribution in [0.2, 0.25) is 0 Å². The van der Waals surface area contributed by atoms with Crippen LogP contribution in [0.3, 0.4) is 0 Å². The van der Waals surface area contributed by atoms with Gasteiger partial charge in [0.05, 0.1) is 6.61 Å². The molecule has 1 aliphatic rings. The number of ether oxygens (including phenoxy) is 1. The Labute approximate surface area is 108 Å². The number of benzene rings is 1. The highest BCUT2D eigenvalue weighted by atomic mass is 16.5. The van der Waals surface area contributed by atoms with Crippen molar-refractivity contribution in [3.05, 3.63) is 35.4 Å². The Bertz CT molecular complexity index is 407. The van der Waals surface area contributed by atoms with Crippen molar-refractivity contribution in [1.82, 2.24) is 10.6 Å². The van der Waals surface area contributed by atoms with Crippen LogP contribution in [0.5, 0.6) is 0 Å². The highest BCUT2D eigenvalue weighted by Crippen LogP contribution is 2.24. The molecule has 1 unspecified atom stereocenters. The minimum absolute atomic E-state index is 0.0706. The summed E-state index contributed by atoms with van der Waals surface area (Å²) in [6, 6.07) is 8.47. The second-order valence-corrected chi connectivity index (χ2v) is 4.50. The van der Waals surface area contributed by atoms with Crippen LogP contribution in [0.15, 0.2) is 24.3 Å². The molecule has 1 atom stereocenters. The molecule has 0 radical (unpaired) electrons. The summed E-state index contributed by atoms with van der Waals surface area (Å²) >= 11 is 0. The van der Waals surface area contributed by atoms with E-state index in [1.165, 1.54) is 11.1 Å². The molecule has 1 aliphatic heterocycles. The van der Waals surface area contributed by atoms with Crippen molar-refractivity contribution in [3.63, 3.8) is 0 Å². The van der Waals surface area contributed by atoms with Gasteiger partial charge in [-0.1, -0.05) is 24.3 Å². The Morgan fingerprint density at radius 2 is 2.33 bits per heavy atom. The molecule has 2 rings (SSSR count). The van der Waals surface area contributed by atoms with Gasteiger partial charge in [-0.3, -0.25) is 4.79 Å². The first kappa shape index (κ1) is 13.1. The molecule has 0 aromatic heterocycles. The zero-order chi connectivity index (χ0) is 12.8. The summed E-state index contributed by atoms with van der Waals surface area (Å²) in [5.41, 5.74) is 2.61. The van der Waals surface area contributed by atoms with Gasteiger partial charge in [-0.25, -0.2) is 0 Å². The van der Waals surface area contributed by atoms with Gasteiger partial charge in [-0.2, -0.15) is 0 Å². The zero-order valence-electron chi connectivity index (χ0n) is 10.7. The van der Waals surface area contributed by atoms with Gasteiger partial charge in [0, 0.05) is 26.1 Å². The maximum absolute atomic E-state index is 11.8. The third kappa shape index (κ3) is 3.31. The van der Waals surface area contributed by atoms with Crippen molar-refractivity contribution in [2.24, 2.45) is 0 Å². The number of amides is 1. The predicted octanol–water partition coefficient (Wildman–Crippen LogP) is 1.03. The number of rotatable bonds is 5. The molecule has 1 heterocycles. The van der Waals surface area contributed by atoms with Crippen LogP contribution < -0.4 is 10.6 Å². The first-order chi connectivity index (χ1) is 8.81. The highest BCUT2D eigenvalue weighted by Gasteiger charge is 2.21. The Hall–Kier alpha value is -1.39. The van der Waals surface area contributed by atoms with Crippen LogP contribution in [0.25, 0.3) is 0 Å². The molecule has 2 N–H and O–H groups in total. The number of carbonyl (C=O) groups is 1. The fourth-order valence-corrected chi connectivity index (χ4v) is 2.33. The topological polar surface area (TPSA) is 50.4 Å². The fourth-order valence-electron chi connectivity index (χ4n) is 2.33. The molecule has 0 spiro atoms. The van der Waals surface area contributed by atoms with E-state index in [9.17, 15) is 4.79 Å². The largest absolute Gasteiger partial charge is 0.383 e. The van der Waals surface area contributed by atoms with Crippen LogP contribution in [-0.4, -0.2) is 32.7 Å². The average molecular weight is 248 g/mol. The van der Waals surface area contributed by atoms with Gasteiger partial charge in [0.25, 0.3) is 0 Å². The van der Waals surface area contributed by atoms with Crippen molar-refractivity contribution >= 4 is 5.91 Å².